The molecule has 0 N–H and O–H groups in total. The van der Waals surface area contributed by atoms with Gasteiger partial charge in [0.05, 0.1) is 6.54 Å². The van der Waals surface area contributed by atoms with E-state index in [4.69, 9.17) is 4.74 Å². The molecule has 2 aromatic carbocycles. The van der Waals surface area contributed by atoms with Crippen LogP contribution in [0.5, 0.6) is 0 Å². The highest BCUT2D eigenvalue weighted by Crippen LogP contribution is 2.33. The summed E-state index contributed by atoms with van der Waals surface area (Å²) in [6.45, 7) is 14.4. The van der Waals surface area contributed by atoms with Crippen molar-refractivity contribution in [2.45, 2.75) is 47.1 Å². The summed E-state index contributed by atoms with van der Waals surface area (Å²) >= 11 is 0. The number of carbonyl (C=O) groups excluding carboxylic acids is 1. The minimum atomic E-state index is -0.331. The summed E-state index contributed by atoms with van der Waals surface area (Å²) in [5.41, 5.74) is 6.37. The van der Waals surface area contributed by atoms with Crippen LogP contribution in [0.2, 0.25) is 0 Å². The van der Waals surface area contributed by atoms with Crippen molar-refractivity contribution in [2.24, 2.45) is 0 Å². The molecule has 0 radical (unpaired) electrons. The first-order valence-corrected chi connectivity index (χ1v) is 9.10. The van der Waals surface area contributed by atoms with Crippen LogP contribution in [-0.2, 0) is 9.53 Å². The van der Waals surface area contributed by atoms with Gasteiger partial charge in [-0.05, 0) is 57.4 Å². The van der Waals surface area contributed by atoms with Crippen LogP contribution in [0.4, 0.5) is 11.4 Å². The topological polar surface area (TPSA) is 29.5 Å². The molecule has 0 bridgehead atoms. The number of rotatable bonds is 7. The third kappa shape index (κ3) is 4.75. The molecule has 3 heteroatoms. The zero-order valence-corrected chi connectivity index (χ0v) is 16.5. The molecule has 2 aromatic rings. The van der Waals surface area contributed by atoms with Crippen molar-refractivity contribution in [3.05, 3.63) is 71.3 Å². The summed E-state index contributed by atoms with van der Waals surface area (Å²) in [5, 5.41) is 0. The van der Waals surface area contributed by atoms with Crippen LogP contribution in [0.3, 0.4) is 0 Å². The molecule has 3 nitrogen and oxygen atoms in total. The molecule has 0 aliphatic carbocycles. The molecular weight excluding hydrogens is 322 g/mol. The second kappa shape index (κ2) is 8.70. The van der Waals surface area contributed by atoms with Crippen LogP contribution >= 0.6 is 0 Å². The molecule has 0 aliphatic rings. The van der Waals surface area contributed by atoms with E-state index in [0.29, 0.717) is 12.1 Å². The number of carbonyl (C=O) groups is 1. The van der Waals surface area contributed by atoms with Crippen molar-refractivity contribution in [1.29, 1.82) is 0 Å². The highest BCUT2D eigenvalue weighted by atomic mass is 16.5. The number of anilines is 2. The lowest BCUT2D eigenvalue weighted by Crippen LogP contribution is -2.33. The summed E-state index contributed by atoms with van der Waals surface area (Å²) in [7, 11) is 0. The van der Waals surface area contributed by atoms with Gasteiger partial charge in [-0.15, -0.1) is 0 Å². The predicted molar refractivity (Wildman–Crippen MR) is 109 cm³/mol. The molecule has 0 heterocycles. The van der Waals surface area contributed by atoms with Crippen LogP contribution in [0.25, 0.3) is 0 Å². The van der Waals surface area contributed by atoms with E-state index in [0.717, 1.165) is 12.1 Å². The van der Waals surface area contributed by atoms with Crippen molar-refractivity contribution < 1.29 is 9.53 Å². The molecule has 26 heavy (non-hydrogen) atoms. The normalized spacial score (nSPS) is 11.7. The number of hydrogen-bond donors (Lipinski definition) is 0. The number of para-hydroxylation sites is 1. The highest BCUT2D eigenvalue weighted by Gasteiger charge is 2.21. The fourth-order valence-electron chi connectivity index (χ4n) is 3.24. The number of benzene rings is 2. The number of hydrogen-bond acceptors (Lipinski definition) is 3. The summed E-state index contributed by atoms with van der Waals surface area (Å²) in [6.07, 6.45) is 0.534. The van der Waals surface area contributed by atoms with Gasteiger partial charge in [0.25, 0.3) is 0 Å². The predicted octanol–water partition coefficient (Wildman–Crippen LogP) is 5.65. The Kier molecular flexibility index (Phi) is 6.62. The zero-order valence-electron chi connectivity index (χ0n) is 16.5. The molecule has 0 amide bonds. The number of nitrogens with zero attached hydrogens (tertiary/aromatic N) is 1. The third-order valence-corrected chi connectivity index (χ3v) is 4.44. The first-order chi connectivity index (χ1) is 12.3. The lowest BCUT2D eigenvalue weighted by Gasteiger charge is -2.32. The standard InChI is InChI=1S/C23H29NO2/c1-7-21(26-23(25)16(2)3)15-24(20-11-9-8-10-12-20)22-18(5)13-17(4)14-19(22)6/h8-14,21H,2,7,15H2,1,3-6H3. The lowest BCUT2D eigenvalue weighted by molar-refractivity contribution is -0.143. The molecule has 0 fully saturated rings. The molecule has 2 rings (SSSR count). The largest absolute Gasteiger partial charge is 0.457 e. The van der Waals surface area contributed by atoms with Crippen LogP contribution in [0.1, 0.15) is 37.0 Å². The summed E-state index contributed by atoms with van der Waals surface area (Å²) in [6, 6.07) is 14.6. The molecular formula is C23H29NO2. The average Bonchev–Trinajstić information content (AvgIpc) is 2.59. The van der Waals surface area contributed by atoms with Crippen molar-refractivity contribution in [1.82, 2.24) is 0 Å². The van der Waals surface area contributed by atoms with Crippen molar-refractivity contribution in [3.63, 3.8) is 0 Å². The van der Waals surface area contributed by atoms with Crippen molar-refractivity contribution >= 4 is 17.3 Å². The monoisotopic (exact) mass is 351 g/mol. The highest BCUT2D eigenvalue weighted by molar-refractivity contribution is 5.87. The van der Waals surface area contributed by atoms with Gasteiger partial charge in [-0.1, -0.05) is 49.4 Å². The molecule has 0 aliphatic heterocycles. The molecule has 0 spiro atoms. The molecule has 1 unspecified atom stereocenters. The Morgan fingerprint density at radius 3 is 2.19 bits per heavy atom. The van der Waals surface area contributed by atoms with E-state index >= 15 is 0 Å². The molecule has 0 saturated carbocycles. The van der Waals surface area contributed by atoms with E-state index in [1.165, 1.54) is 22.4 Å². The fourth-order valence-corrected chi connectivity index (χ4v) is 3.24. The Morgan fingerprint density at radius 2 is 1.69 bits per heavy atom. The van der Waals surface area contributed by atoms with Gasteiger partial charge in [-0.3, -0.25) is 0 Å². The van der Waals surface area contributed by atoms with Gasteiger partial charge in [0.1, 0.15) is 6.10 Å². The van der Waals surface area contributed by atoms with Crippen molar-refractivity contribution in [2.75, 3.05) is 11.4 Å². The van der Waals surface area contributed by atoms with Gasteiger partial charge in [0.2, 0.25) is 0 Å². The number of esters is 1. The fraction of sp³-hybridized carbons (Fsp3) is 0.348. The second-order valence-corrected chi connectivity index (χ2v) is 6.91. The molecule has 1 atom stereocenters. The molecule has 138 valence electrons. The van der Waals surface area contributed by atoms with Gasteiger partial charge < -0.3 is 9.64 Å². The smallest absolute Gasteiger partial charge is 0.333 e. The maximum Gasteiger partial charge on any atom is 0.333 e. The van der Waals surface area contributed by atoms with Crippen molar-refractivity contribution in [3.8, 4) is 0 Å². The number of ether oxygens (including phenoxy) is 1. The van der Waals surface area contributed by atoms with E-state index in [9.17, 15) is 4.79 Å². The lowest BCUT2D eigenvalue weighted by atomic mass is 10.0. The van der Waals surface area contributed by atoms with Crippen LogP contribution in [0, 0.1) is 20.8 Å². The van der Waals surface area contributed by atoms with E-state index in [-0.39, 0.29) is 12.1 Å². The maximum absolute atomic E-state index is 12.0. The maximum atomic E-state index is 12.0. The van der Waals surface area contributed by atoms with E-state index in [2.05, 4.69) is 56.5 Å². The van der Waals surface area contributed by atoms with Crippen LogP contribution < -0.4 is 4.90 Å². The van der Waals surface area contributed by atoms with E-state index in [1.54, 1.807) is 6.92 Å². The average molecular weight is 351 g/mol. The molecule has 0 aromatic heterocycles. The zero-order chi connectivity index (χ0) is 19.3. The van der Waals surface area contributed by atoms with Gasteiger partial charge in [-0.25, -0.2) is 4.79 Å². The SMILES string of the molecule is C=C(C)C(=O)OC(CC)CN(c1ccccc1)c1c(C)cc(C)cc1C. The Hall–Kier alpha value is -2.55. The minimum absolute atomic E-state index is 0.209. The Labute approximate surface area is 157 Å². The Balaban J connectivity index is 2.43. The quantitative estimate of drug-likeness (QED) is 0.477. The first-order valence-electron chi connectivity index (χ1n) is 9.10. The van der Waals surface area contributed by atoms with Gasteiger partial charge in [-0.2, -0.15) is 0 Å². The minimum Gasteiger partial charge on any atom is -0.457 e. The number of aryl methyl sites for hydroxylation is 3. The second-order valence-electron chi connectivity index (χ2n) is 6.91. The van der Waals surface area contributed by atoms with Crippen LogP contribution in [0.15, 0.2) is 54.6 Å². The summed E-state index contributed by atoms with van der Waals surface area (Å²) in [4.78, 5) is 14.3. The first kappa shape index (κ1) is 19.8. The van der Waals surface area contributed by atoms with Crippen LogP contribution in [-0.4, -0.2) is 18.6 Å². The van der Waals surface area contributed by atoms with E-state index < -0.39 is 0 Å². The molecule has 0 saturated heterocycles. The summed E-state index contributed by atoms with van der Waals surface area (Å²) in [5.74, 6) is -0.331. The summed E-state index contributed by atoms with van der Waals surface area (Å²) < 4.78 is 5.66. The van der Waals surface area contributed by atoms with Gasteiger partial charge in [0, 0.05) is 16.9 Å². The van der Waals surface area contributed by atoms with E-state index in [1.807, 2.05) is 25.1 Å². The third-order valence-electron chi connectivity index (χ3n) is 4.44. The van der Waals surface area contributed by atoms with Gasteiger partial charge in [0.15, 0.2) is 0 Å². The van der Waals surface area contributed by atoms with Gasteiger partial charge >= 0.3 is 5.97 Å². The Bertz CT molecular complexity index is 757. The Morgan fingerprint density at radius 1 is 1.12 bits per heavy atom.